The summed E-state index contributed by atoms with van der Waals surface area (Å²) in [5.74, 6) is 0.488. The highest BCUT2D eigenvalue weighted by Gasteiger charge is 2.20. The number of carbonyl (C=O) groups excluding carboxylic acids is 1. The van der Waals surface area contributed by atoms with E-state index in [2.05, 4.69) is 57.8 Å². The van der Waals surface area contributed by atoms with Gasteiger partial charge in [-0.25, -0.2) is 4.98 Å². The second-order valence-corrected chi connectivity index (χ2v) is 10.1. The molecule has 0 spiro atoms. The number of piperidine rings is 1. The highest BCUT2D eigenvalue weighted by Crippen LogP contribution is 2.16. The molecule has 4 rings (SSSR count). The summed E-state index contributed by atoms with van der Waals surface area (Å²) in [5.41, 5.74) is 4.55. The molecule has 3 aromatic rings. The third kappa shape index (κ3) is 8.15. The summed E-state index contributed by atoms with van der Waals surface area (Å²) in [4.78, 5) is 31.6. The minimum Gasteiger partial charge on any atom is -0.363 e. The van der Waals surface area contributed by atoms with Crippen LogP contribution in [0.4, 0.5) is 5.82 Å². The average molecular weight is 514 g/mol. The molecule has 1 aliphatic heterocycles. The smallest absolute Gasteiger partial charge is 0.293 e. The van der Waals surface area contributed by atoms with Crippen LogP contribution in [0.2, 0.25) is 0 Å². The van der Waals surface area contributed by atoms with Gasteiger partial charge >= 0.3 is 0 Å². The number of aromatic nitrogens is 2. The van der Waals surface area contributed by atoms with Crippen LogP contribution in [0.1, 0.15) is 56.2 Å². The van der Waals surface area contributed by atoms with E-state index in [4.69, 9.17) is 0 Å². The monoisotopic (exact) mass is 513 g/mol. The van der Waals surface area contributed by atoms with E-state index in [-0.39, 0.29) is 17.5 Å². The molecule has 38 heavy (non-hydrogen) atoms. The van der Waals surface area contributed by atoms with Crippen LogP contribution in [0.15, 0.2) is 77.4 Å². The standard InChI is InChI=1S/C31H39N5O2/c1-3-7-29(37)33-21-26-10-12-27(13-11-26)23-36-19-16-32-30(31(36)38)34-28-14-17-35(18-15-28)22-24(2)20-25-8-5-4-6-9-25/h4-6,8-13,16,19-20,28H,3,7,14-15,17-18,21-23H2,1-2H3,(H,32,34)(H,33,37)/b24-20+. The third-order valence-electron chi connectivity index (χ3n) is 6.87. The van der Waals surface area contributed by atoms with Gasteiger partial charge in [-0.15, -0.1) is 0 Å². The third-order valence-corrected chi connectivity index (χ3v) is 6.87. The molecule has 0 bridgehead atoms. The Morgan fingerprint density at radius 2 is 1.76 bits per heavy atom. The summed E-state index contributed by atoms with van der Waals surface area (Å²) in [6.45, 7) is 8.11. The van der Waals surface area contributed by atoms with Crippen LogP contribution in [-0.4, -0.2) is 46.0 Å². The van der Waals surface area contributed by atoms with Crippen molar-refractivity contribution in [1.82, 2.24) is 19.8 Å². The van der Waals surface area contributed by atoms with E-state index >= 15 is 0 Å². The molecular formula is C31H39N5O2. The van der Waals surface area contributed by atoms with Crippen LogP contribution in [0.5, 0.6) is 0 Å². The zero-order chi connectivity index (χ0) is 26.7. The number of nitrogens with one attached hydrogen (secondary N) is 2. The van der Waals surface area contributed by atoms with Crippen molar-refractivity contribution in [2.24, 2.45) is 0 Å². The fraction of sp³-hybridized carbons (Fsp3) is 0.387. The molecule has 200 valence electrons. The van der Waals surface area contributed by atoms with Crippen LogP contribution in [-0.2, 0) is 17.9 Å². The van der Waals surface area contributed by atoms with Crippen LogP contribution in [0, 0.1) is 0 Å². The number of hydrogen-bond acceptors (Lipinski definition) is 5. The maximum atomic E-state index is 13.1. The zero-order valence-corrected chi connectivity index (χ0v) is 22.5. The van der Waals surface area contributed by atoms with Crippen LogP contribution in [0.25, 0.3) is 6.08 Å². The van der Waals surface area contributed by atoms with Gasteiger partial charge in [0.05, 0.1) is 6.54 Å². The van der Waals surface area contributed by atoms with Gasteiger partial charge in [-0.3, -0.25) is 14.5 Å². The van der Waals surface area contributed by atoms with Crippen molar-refractivity contribution in [2.75, 3.05) is 25.0 Å². The first-order valence-corrected chi connectivity index (χ1v) is 13.6. The number of benzene rings is 2. The van der Waals surface area contributed by atoms with Gasteiger partial charge < -0.3 is 15.2 Å². The Hall–Kier alpha value is -3.71. The van der Waals surface area contributed by atoms with Gasteiger partial charge in [0.15, 0.2) is 5.82 Å². The largest absolute Gasteiger partial charge is 0.363 e. The van der Waals surface area contributed by atoms with E-state index in [9.17, 15) is 9.59 Å². The van der Waals surface area contributed by atoms with Crippen LogP contribution < -0.4 is 16.2 Å². The van der Waals surface area contributed by atoms with Crippen molar-refractivity contribution in [1.29, 1.82) is 0 Å². The first-order valence-electron chi connectivity index (χ1n) is 13.6. The molecule has 1 aromatic heterocycles. The predicted octanol–water partition coefficient (Wildman–Crippen LogP) is 4.69. The first kappa shape index (κ1) is 27.3. The fourth-order valence-corrected chi connectivity index (χ4v) is 4.81. The zero-order valence-electron chi connectivity index (χ0n) is 22.5. The molecule has 1 fully saturated rings. The summed E-state index contributed by atoms with van der Waals surface area (Å²) in [6, 6.07) is 18.7. The Labute approximate surface area is 225 Å². The molecule has 0 radical (unpaired) electrons. The van der Waals surface area contributed by atoms with Gasteiger partial charge in [0, 0.05) is 51.0 Å². The van der Waals surface area contributed by atoms with E-state index < -0.39 is 0 Å². The van der Waals surface area contributed by atoms with Crippen molar-refractivity contribution < 1.29 is 4.79 Å². The van der Waals surface area contributed by atoms with Gasteiger partial charge in [0.2, 0.25) is 5.91 Å². The van der Waals surface area contributed by atoms with Crippen LogP contribution in [0.3, 0.4) is 0 Å². The number of amides is 1. The minimum absolute atomic E-state index is 0.0700. The lowest BCUT2D eigenvalue weighted by molar-refractivity contribution is -0.121. The highest BCUT2D eigenvalue weighted by atomic mass is 16.1. The molecular weight excluding hydrogens is 474 g/mol. The quantitative estimate of drug-likeness (QED) is 0.389. The number of rotatable bonds is 11. The van der Waals surface area contributed by atoms with E-state index in [1.165, 1.54) is 11.1 Å². The van der Waals surface area contributed by atoms with Gasteiger partial charge in [-0.1, -0.05) is 73.2 Å². The number of likely N-dealkylation sites (tertiary alicyclic amines) is 1. The highest BCUT2D eigenvalue weighted by molar-refractivity contribution is 5.75. The second kappa shape index (κ2) is 13.7. The summed E-state index contributed by atoms with van der Waals surface area (Å²) >= 11 is 0. The summed E-state index contributed by atoms with van der Waals surface area (Å²) in [7, 11) is 0. The fourth-order valence-electron chi connectivity index (χ4n) is 4.81. The summed E-state index contributed by atoms with van der Waals surface area (Å²) in [6.07, 6.45) is 9.01. The van der Waals surface area contributed by atoms with Gasteiger partial charge in [0.25, 0.3) is 5.56 Å². The van der Waals surface area contributed by atoms with Gasteiger partial charge in [-0.05, 0) is 42.9 Å². The van der Waals surface area contributed by atoms with E-state index in [0.29, 0.717) is 25.3 Å². The number of nitrogens with zero attached hydrogens (tertiary/aromatic N) is 3. The molecule has 7 heteroatoms. The lowest BCUT2D eigenvalue weighted by Gasteiger charge is -2.32. The molecule has 0 aliphatic carbocycles. The Morgan fingerprint density at radius 3 is 2.47 bits per heavy atom. The molecule has 0 atom stereocenters. The van der Waals surface area contributed by atoms with Crippen molar-refractivity contribution in [3.8, 4) is 0 Å². The van der Waals surface area contributed by atoms with Crippen molar-refractivity contribution in [3.63, 3.8) is 0 Å². The maximum Gasteiger partial charge on any atom is 0.293 e. The van der Waals surface area contributed by atoms with Gasteiger partial charge in [-0.2, -0.15) is 0 Å². The Balaban J connectivity index is 1.27. The SMILES string of the molecule is CCCC(=O)NCc1ccc(Cn2ccnc(NC3CCN(C/C(C)=C/c4ccccc4)CC3)c2=O)cc1. The van der Waals surface area contributed by atoms with E-state index in [0.717, 1.165) is 50.0 Å². The number of carbonyl (C=O) groups is 1. The lowest BCUT2D eigenvalue weighted by Crippen LogP contribution is -2.41. The molecule has 1 aliphatic rings. The van der Waals surface area contributed by atoms with Crippen molar-refractivity contribution >= 4 is 17.8 Å². The van der Waals surface area contributed by atoms with Crippen molar-refractivity contribution in [3.05, 3.63) is 99.6 Å². The molecule has 0 unspecified atom stereocenters. The van der Waals surface area contributed by atoms with E-state index in [1.54, 1.807) is 17.0 Å². The van der Waals surface area contributed by atoms with Crippen LogP contribution >= 0.6 is 0 Å². The molecule has 7 nitrogen and oxygen atoms in total. The molecule has 2 N–H and O–H groups in total. The number of anilines is 1. The van der Waals surface area contributed by atoms with Gasteiger partial charge in [0.1, 0.15) is 0 Å². The first-order chi connectivity index (χ1) is 18.5. The Kier molecular flexibility index (Phi) is 9.87. The molecule has 2 heterocycles. The normalized spacial score (nSPS) is 14.8. The molecule has 2 aromatic carbocycles. The van der Waals surface area contributed by atoms with Crippen molar-refractivity contribution in [2.45, 2.75) is 58.7 Å². The molecule has 1 saturated heterocycles. The minimum atomic E-state index is -0.104. The Morgan fingerprint density at radius 1 is 1.05 bits per heavy atom. The maximum absolute atomic E-state index is 13.1. The molecule has 1 amide bonds. The topological polar surface area (TPSA) is 79.3 Å². The second-order valence-electron chi connectivity index (χ2n) is 10.1. The Bertz CT molecular complexity index is 1260. The van der Waals surface area contributed by atoms with E-state index in [1.807, 2.05) is 37.3 Å². The average Bonchev–Trinajstić information content (AvgIpc) is 2.92. The summed E-state index contributed by atoms with van der Waals surface area (Å²) < 4.78 is 1.69. The number of hydrogen-bond donors (Lipinski definition) is 2. The lowest BCUT2D eigenvalue weighted by atomic mass is 10.0. The summed E-state index contributed by atoms with van der Waals surface area (Å²) in [5, 5.41) is 6.34. The predicted molar refractivity (Wildman–Crippen MR) is 154 cm³/mol. The molecule has 0 saturated carbocycles.